The van der Waals surface area contributed by atoms with Gasteiger partial charge in [0.1, 0.15) is 23.3 Å². The van der Waals surface area contributed by atoms with Crippen LogP contribution in [-0.4, -0.2) is 48.0 Å². The van der Waals surface area contributed by atoms with Crippen molar-refractivity contribution in [1.29, 1.82) is 0 Å². The molecule has 3 aromatic rings. The fraction of sp³-hybridized carbons (Fsp3) is 0.208. The molecule has 0 spiro atoms. The number of nitrogens with one attached hydrogen (secondary N) is 1. The maximum Gasteiger partial charge on any atom is 0.325 e. The standard InChI is InChI=1S/C24H22FN5O7S/c1-2-35-17(31)10-28-23(33)20(12-3-5-13(25)6-4-12)30(14-7-8-15-16(9-14)37-11-36-15)24(34)21-18(26)19(22(27)32)29-38-21/h3-9,20H,2,10-11,26H2,1H3,(H2,27,32)(H,28,33)/t20-/m1/s1. The number of rotatable bonds is 9. The van der Waals surface area contributed by atoms with Crippen molar-refractivity contribution in [3.8, 4) is 11.5 Å². The van der Waals surface area contributed by atoms with Gasteiger partial charge in [0.15, 0.2) is 17.2 Å². The molecule has 1 aliphatic heterocycles. The predicted octanol–water partition coefficient (Wildman–Crippen LogP) is 1.76. The average molecular weight is 544 g/mol. The molecule has 38 heavy (non-hydrogen) atoms. The molecule has 12 nitrogen and oxygen atoms in total. The summed E-state index contributed by atoms with van der Waals surface area (Å²) in [7, 11) is 0. The number of amides is 3. The Bertz CT molecular complexity index is 1400. The minimum absolute atomic E-state index is 0.0437. The molecule has 1 aromatic heterocycles. The maximum atomic E-state index is 14.0. The van der Waals surface area contributed by atoms with E-state index in [1.54, 1.807) is 13.0 Å². The smallest absolute Gasteiger partial charge is 0.325 e. The molecule has 2 aromatic carbocycles. The van der Waals surface area contributed by atoms with Gasteiger partial charge >= 0.3 is 5.97 Å². The highest BCUT2D eigenvalue weighted by atomic mass is 32.1. The lowest BCUT2D eigenvalue weighted by Gasteiger charge is -2.31. The van der Waals surface area contributed by atoms with Crippen LogP contribution in [0.3, 0.4) is 0 Å². The van der Waals surface area contributed by atoms with Crippen LogP contribution in [0.1, 0.15) is 38.7 Å². The molecule has 5 N–H and O–H groups in total. The number of benzene rings is 2. The number of fused-ring (bicyclic) bond motifs is 1. The lowest BCUT2D eigenvalue weighted by atomic mass is 10.0. The summed E-state index contributed by atoms with van der Waals surface area (Å²) in [6, 6.07) is 7.97. The lowest BCUT2D eigenvalue weighted by Crippen LogP contribution is -2.45. The molecule has 2 heterocycles. The van der Waals surface area contributed by atoms with E-state index >= 15 is 0 Å². The van der Waals surface area contributed by atoms with E-state index in [4.69, 9.17) is 25.7 Å². The number of anilines is 2. The van der Waals surface area contributed by atoms with Gasteiger partial charge in [-0.1, -0.05) is 12.1 Å². The zero-order valence-electron chi connectivity index (χ0n) is 19.9. The van der Waals surface area contributed by atoms with Crippen LogP contribution in [0.4, 0.5) is 15.8 Å². The van der Waals surface area contributed by atoms with Gasteiger partial charge in [0.25, 0.3) is 11.8 Å². The Hall–Kier alpha value is -4.72. The molecule has 0 saturated carbocycles. The topological polar surface area (TPSA) is 176 Å². The zero-order chi connectivity index (χ0) is 27.4. The number of nitrogen functional groups attached to an aromatic ring is 1. The molecule has 1 aliphatic rings. The van der Waals surface area contributed by atoms with Crippen molar-refractivity contribution in [3.63, 3.8) is 0 Å². The number of esters is 1. The largest absolute Gasteiger partial charge is 0.465 e. The van der Waals surface area contributed by atoms with Crippen molar-refractivity contribution >= 4 is 46.6 Å². The number of ether oxygens (including phenoxy) is 3. The van der Waals surface area contributed by atoms with Crippen molar-refractivity contribution in [2.24, 2.45) is 5.73 Å². The molecule has 198 valence electrons. The van der Waals surface area contributed by atoms with Crippen LogP contribution in [0.15, 0.2) is 42.5 Å². The highest BCUT2D eigenvalue weighted by molar-refractivity contribution is 7.09. The summed E-state index contributed by atoms with van der Waals surface area (Å²) < 4.78 is 33.3. The van der Waals surface area contributed by atoms with Crippen LogP contribution in [0.25, 0.3) is 0 Å². The fourth-order valence-electron chi connectivity index (χ4n) is 3.69. The molecule has 14 heteroatoms. The first-order valence-electron chi connectivity index (χ1n) is 11.2. The quantitative estimate of drug-likeness (QED) is 0.339. The van der Waals surface area contributed by atoms with Crippen LogP contribution in [0.5, 0.6) is 11.5 Å². The second-order valence-corrected chi connectivity index (χ2v) is 8.60. The minimum Gasteiger partial charge on any atom is -0.465 e. The Balaban J connectivity index is 1.84. The third-order valence-electron chi connectivity index (χ3n) is 5.41. The van der Waals surface area contributed by atoms with E-state index in [0.717, 1.165) is 17.0 Å². The Labute approximate surface area is 219 Å². The Morgan fingerprint density at radius 2 is 1.87 bits per heavy atom. The summed E-state index contributed by atoms with van der Waals surface area (Å²) in [5.74, 6) is -3.08. The molecular weight excluding hydrogens is 521 g/mol. The average Bonchev–Trinajstić information content (AvgIpc) is 3.52. The summed E-state index contributed by atoms with van der Waals surface area (Å²) in [6.45, 7) is 1.19. The minimum atomic E-state index is -1.43. The van der Waals surface area contributed by atoms with Crippen molar-refractivity contribution in [2.75, 3.05) is 30.6 Å². The number of hydrogen-bond donors (Lipinski definition) is 3. The van der Waals surface area contributed by atoms with Crippen LogP contribution in [0, 0.1) is 5.82 Å². The number of hydrogen-bond acceptors (Lipinski definition) is 10. The number of carbonyl (C=O) groups excluding carboxylic acids is 4. The first-order valence-corrected chi connectivity index (χ1v) is 12.0. The second-order valence-electron chi connectivity index (χ2n) is 7.83. The normalized spacial score (nSPS) is 12.5. The van der Waals surface area contributed by atoms with E-state index in [-0.39, 0.29) is 40.9 Å². The van der Waals surface area contributed by atoms with Gasteiger partial charge in [-0.15, -0.1) is 0 Å². The number of aromatic nitrogens is 1. The van der Waals surface area contributed by atoms with Crippen LogP contribution in [-0.2, 0) is 14.3 Å². The molecule has 3 amide bonds. The Morgan fingerprint density at radius 1 is 1.16 bits per heavy atom. The maximum absolute atomic E-state index is 14.0. The number of carbonyl (C=O) groups is 4. The van der Waals surface area contributed by atoms with Gasteiger partial charge in [0.2, 0.25) is 12.7 Å². The second kappa shape index (κ2) is 11.1. The Morgan fingerprint density at radius 3 is 2.53 bits per heavy atom. The number of primary amides is 1. The highest BCUT2D eigenvalue weighted by Gasteiger charge is 2.37. The van der Waals surface area contributed by atoms with Crippen molar-refractivity contribution < 1.29 is 37.8 Å². The number of nitrogens with zero attached hydrogens (tertiary/aromatic N) is 2. The third-order valence-corrected chi connectivity index (χ3v) is 6.26. The number of nitrogens with two attached hydrogens (primary N) is 2. The van der Waals surface area contributed by atoms with Gasteiger partial charge in [0.05, 0.1) is 12.3 Å². The van der Waals surface area contributed by atoms with Crippen LogP contribution >= 0.6 is 11.5 Å². The summed E-state index contributed by atoms with van der Waals surface area (Å²) in [6.07, 6.45) is 0. The number of halogens is 1. The van der Waals surface area contributed by atoms with E-state index in [9.17, 15) is 23.6 Å². The fourth-order valence-corrected chi connectivity index (χ4v) is 4.43. The van der Waals surface area contributed by atoms with Crippen molar-refractivity contribution in [1.82, 2.24) is 9.69 Å². The molecule has 0 unspecified atom stereocenters. The molecule has 4 rings (SSSR count). The Kier molecular flexibility index (Phi) is 7.71. The lowest BCUT2D eigenvalue weighted by molar-refractivity contribution is -0.143. The van der Waals surface area contributed by atoms with Gasteiger partial charge in [0, 0.05) is 11.8 Å². The van der Waals surface area contributed by atoms with Gasteiger partial charge in [-0.2, -0.15) is 4.37 Å². The van der Waals surface area contributed by atoms with E-state index < -0.39 is 42.1 Å². The SMILES string of the molecule is CCOC(=O)CNC(=O)[C@@H](c1ccc(F)cc1)N(C(=O)c1snc(C(N)=O)c1N)c1ccc2c(c1)OCO2. The molecule has 0 saturated heterocycles. The first kappa shape index (κ1) is 26.3. The molecule has 0 bridgehead atoms. The van der Waals surface area contributed by atoms with Gasteiger partial charge in [-0.25, -0.2) is 4.39 Å². The highest BCUT2D eigenvalue weighted by Crippen LogP contribution is 2.39. The van der Waals surface area contributed by atoms with Gasteiger partial charge in [-0.05, 0) is 48.3 Å². The molecule has 1 atom stereocenters. The van der Waals surface area contributed by atoms with Gasteiger partial charge < -0.3 is 31.0 Å². The predicted molar refractivity (Wildman–Crippen MR) is 133 cm³/mol. The van der Waals surface area contributed by atoms with E-state index in [1.165, 1.54) is 24.3 Å². The van der Waals surface area contributed by atoms with E-state index in [2.05, 4.69) is 9.69 Å². The summed E-state index contributed by atoms with van der Waals surface area (Å²) in [5, 5.41) is 2.45. The summed E-state index contributed by atoms with van der Waals surface area (Å²) >= 11 is 0.624. The van der Waals surface area contributed by atoms with E-state index in [0.29, 0.717) is 23.0 Å². The summed E-state index contributed by atoms with van der Waals surface area (Å²) in [4.78, 5) is 52.1. The summed E-state index contributed by atoms with van der Waals surface area (Å²) in [5.41, 5.74) is 11.2. The van der Waals surface area contributed by atoms with Crippen molar-refractivity contribution in [3.05, 3.63) is 64.4 Å². The van der Waals surface area contributed by atoms with Crippen LogP contribution in [0.2, 0.25) is 0 Å². The van der Waals surface area contributed by atoms with Crippen molar-refractivity contribution in [2.45, 2.75) is 13.0 Å². The molecular formula is C24H22FN5O7S. The molecule has 0 fully saturated rings. The van der Waals surface area contributed by atoms with Gasteiger partial charge in [-0.3, -0.25) is 24.1 Å². The molecule has 0 aliphatic carbocycles. The van der Waals surface area contributed by atoms with Crippen LogP contribution < -0.4 is 31.2 Å². The monoisotopic (exact) mass is 543 g/mol. The third kappa shape index (κ3) is 5.34. The van der Waals surface area contributed by atoms with E-state index in [1.807, 2.05) is 0 Å². The first-order chi connectivity index (χ1) is 18.2. The zero-order valence-corrected chi connectivity index (χ0v) is 20.7. The molecule has 0 radical (unpaired) electrons.